The lowest BCUT2D eigenvalue weighted by atomic mass is 10.0. The number of rotatable bonds is 8. The summed E-state index contributed by atoms with van der Waals surface area (Å²) < 4.78 is 5.65. The van der Waals surface area contributed by atoms with Crippen molar-refractivity contribution in [2.45, 2.75) is 52.7 Å². The van der Waals surface area contributed by atoms with Gasteiger partial charge in [0.2, 0.25) is 0 Å². The summed E-state index contributed by atoms with van der Waals surface area (Å²) in [7, 11) is 0. The molecule has 1 unspecified atom stereocenters. The second-order valence-corrected chi connectivity index (χ2v) is 4.91. The molecule has 102 valence electrons. The van der Waals surface area contributed by atoms with E-state index in [1.807, 2.05) is 0 Å². The molecule has 1 aromatic rings. The van der Waals surface area contributed by atoms with Crippen molar-refractivity contribution >= 4 is 0 Å². The van der Waals surface area contributed by atoms with Crippen molar-refractivity contribution in [2.75, 3.05) is 13.2 Å². The zero-order valence-electron chi connectivity index (χ0n) is 12.2. The zero-order chi connectivity index (χ0) is 13.4. The lowest BCUT2D eigenvalue weighted by Crippen LogP contribution is -2.23. The van der Waals surface area contributed by atoms with Crippen molar-refractivity contribution < 1.29 is 4.74 Å². The molecule has 0 bridgehead atoms. The van der Waals surface area contributed by atoms with Crippen LogP contribution in [-0.4, -0.2) is 19.3 Å². The van der Waals surface area contributed by atoms with E-state index in [1.165, 1.54) is 11.1 Å². The maximum Gasteiger partial charge on any atom is 0.0518 e. The number of aryl methyl sites for hydroxylation is 1. The summed E-state index contributed by atoms with van der Waals surface area (Å²) in [5, 5.41) is 3.53. The van der Waals surface area contributed by atoms with Crippen LogP contribution in [0.25, 0.3) is 0 Å². The first kappa shape index (κ1) is 15.2. The quantitative estimate of drug-likeness (QED) is 0.758. The third-order valence-corrected chi connectivity index (χ3v) is 3.10. The summed E-state index contributed by atoms with van der Waals surface area (Å²) in [5.74, 6) is 0. The van der Waals surface area contributed by atoms with Crippen molar-refractivity contribution in [1.82, 2.24) is 5.32 Å². The van der Waals surface area contributed by atoms with Crippen molar-refractivity contribution in [3.05, 3.63) is 35.4 Å². The molecular formula is C16H27NO. The van der Waals surface area contributed by atoms with Crippen LogP contribution < -0.4 is 5.32 Å². The molecule has 2 heteroatoms. The molecule has 0 saturated carbocycles. The molecule has 0 fully saturated rings. The Morgan fingerprint density at radius 3 is 2.28 bits per heavy atom. The molecule has 1 rings (SSSR count). The minimum absolute atomic E-state index is 0.315. The average Bonchev–Trinajstić information content (AvgIpc) is 2.37. The molecule has 0 saturated heterocycles. The Morgan fingerprint density at radius 1 is 1.11 bits per heavy atom. The van der Waals surface area contributed by atoms with E-state index in [9.17, 15) is 0 Å². The van der Waals surface area contributed by atoms with E-state index in [4.69, 9.17) is 4.74 Å². The van der Waals surface area contributed by atoms with Crippen LogP contribution in [0.15, 0.2) is 24.3 Å². The molecule has 1 N–H and O–H groups in total. The van der Waals surface area contributed by atoms with Crippen LogP contribution in [0.2, 0.25) is 0 Å². The normalized spacial score (nSPS) is 12.9. The van der Waals surface area contributed by atoms with Gasteiger partial charge >= 0.3 is 0 Å². The maximum absolute atomic E-state index is 5.65. The molecule has 0 amide bonds. The van der Waals surface area contributed by atoms with E-state index in [0.717, 1.165) is 26.0 Å². The van der Waals surface area contributed by atoms with Crippen LogP contribution in [0.3, 0.4) is 0 Å². The Hall–Kier alpha value is -0.860. The number of hydrogen-bond acceptors (Lipinski definition) is 2. The van der Waals surface area contributed by atoms with Gasteiger partial charge in [-0.25, -0.2) is 0 Å². The largest absolute Gasteiger partial charge is 0.379 e. The first-order chi connectivity index (χ1) is 8.67. The summed E-state index contributed by atoms with van der Waals surface area (Å²) in [6.45, 7) is 10.3. The van der Waals surface area contributed by atoms with Gasteiger partial charge in [0, 0.05) is 12.6 Å². The van der Waals surface area contributed by atoms with Gasteiger partial charge in [0.1, 0.15) is 0 Å². The predicted molar refractivity (Wildman–Crippen MR) is 77.9 cm³/mol. The molecule has 18 heavy (non-hydrogen) atoms. The Bertz CT molecular complexity index is 318. The molecule has 0 heterocycles. The molecule has 0 aromatic heterocycles. The number of nitrogens with one attached hydrogen (secondary N) is 1. The second kappa shape index (κ2) is 8.28. The fourth-order valence-corrected chi connectivity index (χ4v) is 2.04. The molecule has 2 nitrogen and oxygen atoms in total. The summed E-state index contributed by atoms with van der Waals surface area (Å²) in [6.07, 6.45) is 2.44. The van der Waals surface area contributed by atoms with E-state index in [1.54, 1.807) is 0 Å². The maximum atomic E-state index is 5.65. The van der Waals surface area contributed by atoms with E-state index >= 15 is 0 Å². The van der Waals surface area contributed by atoms with Gasteiger partial charge in [-0.05, 0) is 44.4 Å². The summed E-state index contributed by atoms with van der Waals surface area (Å²) in [4.78, 5) is 0. The zero-order valence-corrected chi connectivity index (χ0v) is 12.2. The van der Waals surface area contributed by atoms with Gasteiger partial charge in [-0.2, -0.15) is 0 Å². The van der Waals surface area contributed by atoms with Gasteiger partial charge in [0.15, 0.2) is 0 Å². The van der Waals surface area contributed by atoms with Crippen molar-refractivity contribution in [3.63, 3.8) is 0 Å². The van der Waals surface area contributed by atoms with E-state index in [2.05, 4.69) is 57.3 Å². The van der Waals surface area contributed by atoms with E-state index in [0.29, 0.717) is 12.1 Å². The highest BCUT2D eigenvalue weighted by Gasteiger charge is 2.10. The fraction of sp³-hybridized carbons (Fsp3) is 0.625. The van der Waals surface area contributed by atoms with Crippen LogP contribution in [0, 0.1) is 0 Å². The minimum atomic E-state index is 0.315. The molecule has 0 aliphatic heterocycles. The number of hydrogen-bond donors (Lipinski definition) is 1. The van der Waals surface area contributed by atoms with Crippen LogP contribution in [-0.2, 0) is 11.2 Å². The minimum Gasteiger partial charge on any atom is -0.379 e. The smallest absolute Gasteiger partial charge is 0.0518 e. The molecule has 0 radical (unpaired) electrons. The third-order valence-electron chi connectivity index (χ3n) is 3.10. The molecular weight excluding hydrogens is 222 g/mol. The highest BCUT2D eigenvalue weighted by Crippen LogP contribution is 2.18. The van der Waals surface area contributed by atoms with E-state index < -0.39 is 0 Å². The van der Waals surface area contributed by atoms with Crippen molar-refractivity contribution in [2.24, 2.45) is 0 Å². The van der Waals surface area contributed by atoms with Crippen LogP contribution in [0.4, 0.5) is 0 Å². The average molecular weight is 249 g/mol. The molecule has 0 spiro atoms. The Morgan fingerprint density at radius 2 is 1.78 bits per heavy atom. The van der Waals surface area contributed by atoms with Crippen LogP contribution in [0.5, 0.6) is 0 Å². The topological polar surface area (TPSA) is 21.3 Å². The van der Waals surface area contributed by atoms with Gasteiger partial charge in [-0.3, -0.25) is 0 Å². The van der Waals surface area contributed by atoms with Crippen molar-refractivity contribution in [1.29, 1.82) is 0 Å². The Kier molecular flexibility index (Phi) is 6.99. The molecule has 0 aliphatic rings. The standard InChI is InChI=1S/C16H27NO/c1-5-14-7-9-15(10-8-14)16(17-6-2)11-12-18-13(3)4/h7-10,13,16-17H,5-6,11-12H2,1-4H3. The predicted octanol–water partition coefficient (Wildman–Crippen LogP) is 3.71. The fourth-order valence-electron chi connectivity index (χ4n) is 2.04. The highest BCUT2D eigenvalue weighted by atomic mass is 16.5. The van der Waals surface area contributed by atoms with E-state index in [-0.39, 0.29) is 0 Å². The lowest BCUT2D eigenvalue weighted by Gasteiger charge is -2.19. The number of ether oxygens (including phenoxy) is 1. The monoisotopic (exact) mass is 249 g/mol. The van der Waals surface area contributed by atoms with Crippen molar-refractivity contribution in [3.8, 4) is 0 Å². The third kappa shape index (κ3) is 5.19. The van der Waals surface area contributed by atoms with Gasteiger partial charge in [-0.1, -0.05) is 38.1 Å². The van der Waals surface area contributed by atoms with Gasteiger partial charge in [0.25, 0.3) is 0 Å². The lowest BCUT2D eigenvalue weighted by molar-refractivity contribution is 0.0716. The highest BCUT2D eigenvalue weighted by molar-refractivity contribution is 5.25. The SMILES string of the molecule is CCNC(CCOC(C)C)c1ccc(CC)cc1. The molecule has 0 aliphatic carbocycles. The molecule has 1 aromatic carbocycles. The summed E-state index contributed by atoms with van der Waals surface area (Å²) in [6, 6.07) is 9.33. The summed E-state index contributed by atoms with van der Waals surface area (Å²) >= 11 is 0. The molecule has 1 atom stereocenters. The number of benzene rings is 1. The van der Waals surface area contributed by atoms with Crippen LogP contribution >= 0.6 is 0 Å². The van der Waals surface area contributed by atoms with Gasteiger partial charge in [-0.15, -0.1) is 0 Å². The summed E-state index contributed by atoms with van der Waals surface area (Å²) in [5.41, 5.74) is 2.76. The van der Waals surface area contributed by atoms with Gasteiger partial charge < -0.3 is 10.1 Å². The Labute approximate surface area is 112 Å². The van der Waals surface area contributed by atoms with Gasteiger partial charge in [0.05, 0.1) is 6.10 Å². The first-order valence-electron chi connectivity index (χ1n) is 7.11. The Balaban J connectivity index is 2.58. The second-order valence-electron chi connectivity index (χ2n) is 4.91. The van der Waals surface area contributed by atoms with Crippen LogP contribution in [0.1, 0.15) is 51.3 Å². The first-order valence-corrected chi connectivity index (χ1v) is 7.11.